The first-order valence-electron chi connectivity index (χ1n) is 6.08. The minimum Gasteiger partial charge on any atom is -0.472 e. The van der Waals surface area contributed by atoms with Crippen molar-refractivity contribution in [3.8, 4) is 17.4 Å². The predicted molar refractivity (Wildman–Crippen MR) is 71.5 cm³/mol. The molecule has 20 heavy (non-hydrogen) atoms. The van der Waals surface area contributed by atoms with E-state index in [1.54, 1.807) is 6.20 Å². The minimum atomic E-state index is 0.260. The Morgan fingerprint density at radius 3 is 3.05 bits per heavy atom. The maximum Gasteiger partial charge on any atom is 0.240 e. The molecular weight excluding hydrogens is 260 g/mol. The second kappa shape index (κ2) is 5.22. The van der Waals surface area contributed by atoms with E-state index in [4.69, 9.17) is 20.1 Å². The second-order valence-corrected chi connectivity index (χ2v) is 4.30. The molecule has 0 fully saturated rings. The monoisotopic (exact) mass is 274 g/mol. The van der Waals surface area contributed by atoms with Crippen molar-refractivity contribution in [2.75, 3.05) is 12.2 Å². The van der Waals surface area contributed by atoms with Crippen LogP contribution in [0.2, 0.25) is 0 Å². The highest BCUT2D eigenvalue weighted by Gasteiger charge is 2.13. The van der Waals surface area contributed by atoms with Gasteiger partial charge in [-0.15, -0.1) is 0 Å². The summed E-state index contributed by atoms with van der Waals surface area (Å²) in [7, 11) is 0. The molecule has 1 aromatic heterocycles. The van der Waals surface area contributed by atoms with Crippen LogP contribution in [0.1, 0.15) is 11.1 Å². The summed E-state index contributed by atoms with van der Waals surface area (Å²) in [6.45, 7) is 2.50. The van der Waals surface area contributed by atoms with Crippen LogP contribution in [0.15, 0.2) is 24.4 Å². The maximum absolute atomic E-state index is 5.68. The first kappa shape index (κ1) is 12.5. The van der Waals surface area contributed by atoms with Gasteiger partial charge in [-0.05, 0) is 24.6 Å². The van der Waals surface area contributed by atoms with Crippen molar-refractivity contribution in [3.05, 3.63) is 35.5 Å². The molecule has 1 aromatic carbocycles. The number of hydrogen-bond acceptors (Lipinski definition) is 7. The quantitative estimate of drug-likeness (QED) is 0.642. The van der Waals surface area contributed by atoms with Gasteiger partial charge in [0.15, 0.2) is 11.5 Å². The third kappa shape index (κ3) is 2.43. The highest BCUT2D eigenvalue weighted by molar-refractivity contribution is 5.44. The van der Waals surface area contributed by atoms with E-state index in [-0.39, 0.29) is 6.79 Å². The van der Waals surface area contributed by atoms with Gasteiger partial charge < -0.3 is 14.2 Å². The van der Waals surface area contributed by atoms with E-state index >= 15 is 0 Å². The van der Waals surface area contributed by atoms with Crippen LogP contribution in [0.4, 0.5) is 5.95 Å². The zero-order valence-corrected chi connectivity index (χ0v) is 10.9. The number of nitrogens with one attached hydrogen (secondary N) is 1. The number of nitrogen functional groups attached to an aromatic ring is 1. The number of nitrogens with zero attached hydrogens (tertiary/aromatic N) is 2. The molecule has 0 saturated heterocycles. The van der Waals surface area contributed by atoms with Gasteiger partial charge in [0.1, 0.15) is 6.61 Å². The van der Waals surface area contributed by atoms with E-state index in [0.29, 0.717) is 18.4 Å². The molecule has 0 spiro atoms. The number of fused-ring (bicyclic) bond motifs is 1. The van der Waals surface area contributed by atoms with Gasteiger partial charge in [0.05, 0.1) is 0 Å². The van der Waals surface area contributed by atoms with Crippen LogP contribution in [0.3, 0.4) is 0 Å². The van der Waals surface area contributed by atoms with E-state index in [0.717, 1.165) is 22.6 Å². The fourth-order valence-electron chi connectivity index (χ4n) is 1.82. The standard InChI is InChI=1S/C13H14N4O3/c1-8-5-15-13(17-14)16-12(8)18-6-9-2-3-10-11(4-9)20-7-19-10/h2-5H,6-7,14H2,1H3,(H,15,16,17). The number of hydrazine groups is 1. The van der Waals surface area contributed by atoms with Crippen LogP contribution in [-0.4, -0.2) is 16.8 Å². The van der Waals surface area contributed by atoms with Crippen molar-refractivity contribution < 1.29 is 14.2 Å². The zero-order valence-electron chi connectivity index (χ0n) is 10.9. The topological polar surface area (TPSA) is 91.5 Å². The molecule has 104 valence electrons. The number of rotatable bonds is 4. The first-order valence-corrected chi connectivity index (χ1v) is 6.08. The average Bonchev–Trinajstić information content (AvgIpc) is 2.94. The summed E-state index contributed by atoms with van der Waals surface area (Å²) in [5, 5.41) is 0. The molecule has 2 heterocycles. The summed E-state index contributed by atoms with van der Waals surface area (Å²) < 4.78 is 16.3. The third-order valence-electron chi connectivity index (χ3n) is 2.87. The lowest BCUT2D eigenvalue weighted by Crippen LogP contribution is -2.11. The van der Waals surface area contributed by atoms with Gasteiger partial charge in [-0.1, -0.05) is 6.07 Å². The van der Waals surface area contributed by atoms with Crippen LogP contribution in [-0.2, 0) is 6.61 Å². The van der Waals surface area contributed by atoms with E-state index in [2.05, 4.69) is 15.4 Å². The molecule has 0 bridgehead atoms. The summed E-state index contributed by atoms with van der Waals surface area (Å²) in [6.07, 6.45) is 1.65. The van der Waals surface area contributed by atoms with Crippen LogP contribution in [0, 0.1) is 6.92 Å². The van der Waals surface area contributed by atoms with Crippen LogP contribution >= 0.6 is 0 Å². The number of ether oxygens (including phenoxy) is 3. The lowest BCUT2D eigenvalue weighted by atomic mass is 10.2. The average molecular weight is 274 g/mol. The first-order chi connectivity index (χ1) is 9.76. The van der Waals surface area contributed by atoms with Crippen molar-refractivity contribution in [1.29, 1.82) is 0 Å². The molecule has 2 aromatic rings. The Hall–Kier alpha value is -2.54. The Labute approximate surface area is 115 Å². The Bertz CT molecular complexity index is 633. The zero-order chi connectivity index (χ0) is 13.9. The molecule has 0 aliphatic carbocycles. The van der Waals surface area contributed by atoms with Gasteiger partial charge >= 0.3 is 0 Å². The van der Waals surface area contributed by atoms with Gasteiger partial charge in [0.2, 0.25) is 18.6 Å². The second-order valence-electron chi connectivity index (χ2n) is 4.30. The van der Waals surface area contributed by atoms with Gasteiger partial charge in [0.25, 0.3) is 0 Å². The number of nitrogens with two attached hydrogens (primary N) is 1. The molecule has 7 heteroatoms. The number of aromatic nitrogens is 2. The Morgan fingerprint density at radius 1 is 1.35 bits per heavy atom. The summed E-state index contributed by atoms with van der Waals surface area (Å²) in [4.78, 5) is 8.15. The lowest BCUT2D eigenvalue weighted by Gasteiger charge is -2.09. The van der Waals surface area contributed by atoms with E-state index < -0.39 is 0 Å². The highest BCUT2D eigenvalue weighted by atomic mass is 16.7. The van der Waals surface area contributed by atoms with Crippen molar-refractivity contribution >= 4 is 5.95 Å². The Morgan fingerprint density at radius 2 is 2.20 bits per heavy atom. The smallest absolute Gasteiger partial charge is 0.240 e. The van der Waals surface area contributed by atoms with Crippen LogP contribution < -0.4 is 25.5 Å². The largest absolute Gasteiger partial charge is 0.472 e. The third-order valence-corrected chi connectivity index (χ3v) is 2.87. The van der Waals surface area contributed by atoms with Crippen molar-refractivity contribution in [2.24, 2.45) is 5.84 Å². The molecule has 0 atom stereocenters. The number of benzene rings is 1. The fourth-order valence-corrected chi connectivity index (χ4v) is 1.82. The number of anilines is 1. The van der Waals surface area contributed by atoms with Gasteiger partial charge in [-0.25, -0.2) is 10.8 Å². The molecule has 3 N–H and O–H groups in total. The molecular formula is C13H14N4O3. The van der Waals surface area contributed by atoms with Crippen molar-refractivity contribution in [3.63, 3.8) is 0 Å². The Balaban J connectivity index is 1.73. The van der Waals surface area contributed by atoms with Crippen molar-refractivity contribution in [2.45, 2.75) is 13.5 Å². The maximum atomic E-state index is 5.68. The lowest BCUT2D eigenvalue weighted by molar-refractivity contribution is 0.174. The van der Waals surface area contributed by atoms with Crippen LogP contribution in [0.25, 0.3) is 0 Å². The van der Waals surface area contributed by atoms with E-state index in [1.807, 2.05) is 25.1 Å². The molecule has 7 nitrogen and oxygen atoms in total. The van der Waals surface area contributed by atoms with Crippen molar-refractivity contribution in [1.82, 2.24) is 9.97 Å². The van der Waals surface area contributed by atoms with E-state index in [9.17, 15) is 0 Å². The summed E-state index contributed by atoms with van der Waals surface area (Å²) >= 11 is 0. The molecule has 0 unspecified atom stereocenters. The summed E-state index contributed by atoms with van der Waals surface area (Å²) in [6, 6.07) is 5.67. The summed E-state index contributed by atoms with van der Waals surface area (Å²) in [5.74, 6) is 7.57. The molecule has 1 aliphatic rings. The predicted octanol–water partition coefficient (Wildman–Crippen LogP) is 1.38. The van der Waals surface area contributed by atoms with E-state index in [1.165, 1.54) is 0 Å². The number of aryl methyl sites for hydroxylation is 1. The van der Waals surface area contributed by atoms with Gasteiger partial charge in [0, 0.05) is 11.8 Å². The molecule has 0 radical (unpaired) electrons. The number of hydrogen-bond donors (Lipinski definition) is 2. The SMILES string of the molecule is Cc1cnc(NN)nc1OCc1ccc2c(c1)OCO2. The summed E-state index contributed by atoms with van der Waals surface area (Å²) in [5.41, 5.74) is 4.19. The van der Waals surface area contributed by atoms with Gasteiger partial charge in [-0.2, -0.15) is 4.98 Å². The molecule has 3 rings (SSSR count). The van der Waals surface area contributed by atoms with Gasteiger partial charge in [-0.3, -0.25) is 5.43 Å². The Kier molecular flexibility index (Phi) is 3.26. The molecule has 0 saturated carbocycles. The highest BCUT2D eigenvalue weighted by Crippen LogP contribution is 2.32. The molecule has 0 amide bonds. The van der Waals surface area contributed by atoms with Crippen LogP contribution in [0.5, 0.6) is 17.4 Å². The minimum absolute atomic E-state index is 0.260. The fraction of sp³-hybridized carbons (Fsp3) is 0.231. The molecule has 1 aliphatic heterocycles. The normalized spacial score (nSPS) is 12.3.